The van der Waals surface area contributed by atoms with Crippen molar-refractivity contribution >= 4 is 0 Å². The Bertz CT molecular complexity index is 511. The first-order chi connectivity index (χ1) is 7.69. The Morgan fingerprint density at radius 3 is 2.56 bits per heavy atom. The van der Waals surface area contributed by atoms with E-state index in [-0.39, 0.29) is 6.61 Å². The van der Waals surface area contributed by atoms with Gasteiger partial charge in [-0.3, -0.25) is 0 Å². The molecule has 2 aromatic heterocycles. The van der Waals surface area contributed by atoms with Gasteiger partial charge in [0.25, 0.3) is 0 Å². The van der Waals surface area contributed by atoms with E-state index < -0.39 is 0 Å². The van der Waals surface area contributed by atoms with E-state index in [1.54, 1.807) is 6.07 Å². The molecule has 16 heavy (non-hydrogen) atoms. The average Bonchev–Trinajstić information content (AvgIpc) is 2.28. The van der Waals surface area contributed by atoms with Gasteiger partial charge in [-0.25, -0.2) is 15.0 Å². The summed E-state index contributed by atoms with van der Waals surface area (Å²) in [5, 5.41) is 9.08. The molecule has 82 valence electrons. The first kappa shape index (κ1) is 10.7. The Balaban J connectivity index is 2.51. The summed E-state index contributed by atoms with van der Waals surface area (Å²) in [6.45, 7) is 3.72. The topological polar surface area (TPSA) is 58.9 Å². The smallest absolute Gasteiger partial charge is 0.178 e. The van der Waals surface area contributed by atoms with Gasteiger partial charge < -0.3 is 5.11 Å². The lowest BCUT2D eigenvalue weighted by Gasteiger charge is -2.04. The lowest BCUT2D eigenvalue weighted by Crippen LogP contribution is -1.99. The van der Waals surface area contributed by atoms with Crippen molar-refractivity contribution in [2.24, 2.45) is 0 Å². The summed E-state index contributed by atoms with van der Waals surface area (Å²) in [7, 11) is 0. The predicted molar refractivity (Wildman–Crippen MR) is 60.7 cm³/mol. The minimum absolute atomic E-state index is 0.0812. The molecule has 4 heteroatoms. The maximum absolute atomic E-state index is 9.08. The molecule has 0 aliphatic carbocycles. The van der Waals surface area contributed by atoms with Gasteiger partial charge in [0.2, 0.25) is 0 Å². The molecule has 0 fully saturated rings. The van der Waals surface area contributed by atoms with E-state index >= 15 is 0 Å². The molecular formula is C12H13N3O. The molecule has 0 radical (unpaired) electrons. The summed E-state index contributed by atoms with van der Waals surface area (Å²) in [5.74, 6) is 0.563. The summed E-state index contributed by atoms with van der Waals surface area (Å²) < 4.78 is 0. The Morgan fingerprint density at radius 1 is 1.06 bits per heavy atom. The van der Waals surface area contributed by atoms with Gasteiger partial charge in [-0.15, -0.1) is 0 Å². The van der Waals surface area contributed by atoms with Crippen LogP contribution in [0.25, 0.3) is 11.5 Å². The lowest BCUT2D eigenvalue weighted by molar-refractivity contribution is 0.276. The first-order valence-corrected chi connectivity index (χ1v) is 5.08. The highest BCUT2D eigenvalue weighted by molar-refractivity contribution is 5.49. The van der Waals surface area contributed by atoms with Crippen LogP contribution in [0.5, 0.6) is 0 Å². The van der Waals surface area contributed by atoms with Crippen molar-refractivity contribution in [2.75, 3.05) is 0 Å². The van der Waals surface area contributed by atoms with E-state index in [9.17, 15) is 0 Å². The number of aliphatic hydroxyl groups is 1. The fourth-order valence-electron chi connectivity index (χ4n) is 1.50. The molecule has 1 N–H and O–H groups in total. The molecule has 0 amide bonds. The van der Waals surface area contributed by atoms with Crippen LogP contribution >= 0.6 is 0 Å². The second-order valence-corrected chi connectivity index (χ2v) is 3.65. The van der Waals surface area contributed by atoms with Gasteiger partial charge in [-0.1, -0.05) is 6.07 Å². The molecule has 2 rings (SSSR count). The number of pyridine rings is 1. The molecule has 0 atom stereocenters. The van der Waals surface area contributed by atoms with Crippen LogP contribution in [0.2, 0.25) is 0 Å². The van der Waals surface area contributed by atoms with Gasteiger partial charge in [-0.05, 0) is 32.0 Å². The van der Waals surface area contributed by atoms with Crippen LogP contribution in [0, 0.1) is 13.8 Å². The van der Waals surface area contributed by atoms with E-state index in [1.807, 2.05) is 32.0 Å². The van der Waals surface area contributed by atoms with Crippen molar-refractivity contribution in [3.63, 3.8) is 0 Å². The highest BCUT2D eigenvalue weighted by Crippen LogP contribution is 2.13. The quantitative estimate of drug-likeness (QED) is 0.827. The summed E-state index contributed by atoms with van der Waals surface area (Å²) in [5.41, 5.74) is 3.11. The Labute approximate surface area is 94.0 Å². The molecule has 0 saturated carbocycles. The Morgan fingerprint density at radius 2 is 1.88 bits per heavy atom. The zero-order valence-electron chi connectivity index (χ0n) is 9.31. The molecule has 0 aromatic carbocycles. The third-order valence-corrected chi connectivity index (χ3v) is 2.19. The molecule has 2 heterocycles. The summed E-state index contributed by atoms with van der Waals surface area (Å²) >= 11 is 0. The molecule has 0 aliphatic heterocycles. The van der Waals surface area contributed by atoms with E-state index in [0.29, 0.717) is 11.5 Å². The van der Waals surface area contributed by atoms with Crippen LogP contribution in [0.3, 0.4) is 0 Å². The van der Waals surface area contributed by atoms with Crippen LogP contribution in [0.15, 0.2) is 24.3 Å². The van der Waals surface area contributed by atoms with Crippen LogP contribution in [-0.2, 0) is 6.61 Å². The number of hydrogen-bond donors (Lipinski definition) is 1. The predicted octanol–water partition coefficient (Wildman–Crippen LogP) is 1.65. The highest BCUT2D eigenvalue weighted by Gasteiger charge is 2.05. The standard InChI is InChI=1S/C12H13N3O/c1-8-4-3-5-11(13-8)12-14-9(2)6-10(7-16)15-12/h3-6,16H,7H2,1-2H3. The summed E-state index contributed by atoms with van der Waals surface area (Å²) in [6.07, 6.45) is 0. The second-order valence-electron chi connectivity index (χ2n) is 3.65. The third-order valence-electron chi connectivity index (χ3n) is 2.19. The highest BCUT2D eigenvalue weighted by atomic mass is 16.3. The minimum Gasteiger partial charge on any atom is -0.390 e. The van der Waals surface area contributed by atoms with Gasteiger partial charge in [0.05, 0.1) is 12.3 Å². The number of aromatic nitrogens is 3. The molecule has 0 saturated heterocycles. The normalized spacial score (nSPS) is 10.4. The second kappa shape index (κ2) is 4.37. The number of rotatable bonds is 2. The summed E-state index contributed by atoms with van der Waals surface area (Å²) in [4.78, 5) is 12.9. The van der Waals surface area contributed by atoms with Gasteiger partial charge in [0, 0.05) is 11.4 Å². The fourth-order valence-corrected chi connectivity index (χ4v) is 1.50. The fraction of sp³-hybridized carbons (Fsp3) is 0.250. The van der Waals surface area contributed by atoms with Gasteiger partial charge in [-0.2, -0.15) is 0 Å². The molecule has 0 aliphatic rings. The zero-order valence-corrected chi connectivity index (χ0v) is 9.31. The van der Waals surface area contributed by atoms with Crippen molar-refractivity contribution in [1.29, 1.82) is 0 Å². The van der Waals surface area contributed by atoms with E-state index in [1.165, 1.54) is 0 Å². The Hall–Kier alpha value is -1.81. The van der Waals surface area contributed by atoms with Crippen molar-refractivity contribution in [1.82, 2.24) is 15.0 Å². The average molecular weight is 215 g/mol. The van der Waals surface area contributed by atoms with Gasteiger partial charge in [0.15, 0.2) is 5.82 Å². The molecular weight excluding hydrogens is 202 g/mol. The van der Waals surface area contributed by atoms with Crippen molar-refractivity contribution in [3.8, 4) is 11.5 Å². The SMILES string of the molecule is Cc1cccc(-c2nc(C)cc(CO)n2)n1. The van der Waals surface area contributed by atoms with E-state index in [2.05, 4.69) is 15.0 Å². The monoisotopic (exact) mass is 215 g/mol. The number of aryl methyl sites for hydroxylation is 2. The lowest BCUT2D eigenvalue weighted by atomic mass is 10.2. The molecule has 0 spiro atoms. The largest absolute Gasteiger partial charge is 0.390 e. The molecule has 0 bridgehead atoms. The van der Waals surface area contributed by atoms with Crippen LogP contribution in [0.4, 0.5) is 0 Å². The zero-order chi connectivity index (χ0) is 11.5. The van der Waals surface area contributed by atoms with Crippen LogP contribution in [-0.4, -0.2) is 20.1 Å². The van der Waals surface area contributed by atoms with Crippen LogP contribution in [0.1, 0.15) is 17.1 Å². The molecule has 0 unspecified atom stereocenters. The third kappa shape index (κ3) is 2.23. The van der Waals surface area contributed by atoms with Crippen molar-refractivity contribution in [3.05, 3.63) is 41.3 Å². The number of aliphatic hydroxyl groups excluding tert-OH is 1. The first-order valence-electron chi connectivity index (χ1n) is 5.08. The minimum atomic E-state index is -0.0812. The number of hydrogen-bond acceptors (Lipinski definition) is 4. The molecule has 4 nitrogen and oxygen atoms in total. The number of nitrogens with zero attached hydrogens (tertiary/aromatic N) is 3. The van der Waals surface area contributed by atoms with Gasteiger partial charge in [0.1, 0.15) is 5.69 Å². The maximum Gasteiger partial charge on any atom is 0.178 e. The maximum atomic E-state index is 9.08. The summed E-state index contributed by atoms with van der Waals surface area (Å²) in [6, 6.07) is 7.47. The molecule has 2 aromatic rings. The van der Waals surface area contributed by atoms with Crippen molar-refractivity contribution < 1.29 is 5.11 Å². The van der Waals surface area contributed by atoms with E-state index in [0.717, 1.165) is 17.1 Å². The van der Waals surface area contributed by atoms with Crippen LogP contribution < -0.4 is 0 Å². The Kier molecular flexibility index (Phi) is 2.92. The van der Waals surface area contributed by atoms with Crippen molar-refractivity contribution in [2.45, 2.75) is 20.5 Å². The van der Waals surface area contributed by atoms with E-state index in [4.69, 9.17) is 5.11 Å². The van der Waals surface area contributed by atoms with Gasteiger partial charge >= 0.3 is 0 Å².